The molecule has 0 N–H and O–H groups in total. The van der Waals surface area contributed by atoms with Crippen molar-refractivity contribution in [1.82, 2.24) is 0 Å². The van der Waals surface area contributed by atoms with Gasteiger partial charge in [0, 0.05) is 0 Å². The predicted molar refractivity (Wildman–Crippen MR) is 58.8 cm³/mol. The van der Waals surface area contributed by atoms with Crippen molar-refractivity contribution in [3.05, 3.63) is 29.3 Å². The van der Waals surface area contributed by atoms with Gasteiger partial charge in [-0.25, -0.2) is 0 Å². The molecule has 0 heterocycles. The van der Waals surface area contributed by atoms with Crippen LogP contribution < -0.4 is 4.74 Å². The summed E-state index contributed by atoms with van der Waals surface area (Å²) >= 11 is 0. The summed E-state index contributed by atoms with van der Waals surface area (Å²) in [7, 11) is 0. The van der Waals surface area contributed by atoms with Crippen molar-refractivity contribution < 1.29 is 4.74 Å². The lowest BCUT2D eigenvalue weighted by Crippen LogP contribution is -2.09. The molecule has 1 aliphatic carbocycles. The minimum Gasteiger partial charge on any atom is -0.476 e. The number of rotatable bonds is 2. The van der Waals surface area contributed by atoms with E-state index >= 15 is 0 Å². The highest BCUT2D eigenvalue weighted by atomic mass is 16.5. The van der Waals surface area contributed by atoms with Gasteiger partial charge in [0.15, 0.2) is 6.10 Å². The van der Waals surface area contributed by atoms with Gasteiger partial charge < -0.3 is 4.74 Å². The summed E-state index contributed by atoms with van der Waals surface area (Å²) in [6.45, 7) is 1.76. The quantitative estimate of drug-likeness (QED) is 0.737. The highest BCUT2D eigenvalue weighted by Crippen LogP contribution is 2.25. The van der Waals surface area contributed by atoms with Crippen LogP contribution >= 0.6 is 0 Å². The van der Waals surface area contributed by atoms with Crippen molar-refractivity contribution in [2.75, 3.05) is 0 Å². The van der Waals surface area contributed by atoms with Gasteiger partial charge in [0.1, 0.15) is 11.8 Å². The fraction of sp³-hybridized carbons (Fsp3) is 0.462. The largest absolute Gasteiger partial charge is 0.476 e. The number of hydrogen-bond donors (Lipinski definition) is 0. The van der Waals surface area contributed by atoms with E-state index in [1.54, 1.807) is 6.92 Å². The lowest BCUT2D eigenvalue weighted by Gasteiger charge is -2.17. The molecule has 0 saturated heterocycles. The monoisotopic (exact) mass is 201 g/mol. The number of nitriles is 1. The van der Waals surface area contributed by atoms with Crippen LogP contribution in [0.5, 0.6) is 5.75 Å². The van der Waals surface area contributed by atoms with Gasteiger partial charge in [-0.1, -0.05) is 6.07 Å². The average Bonchev–Trinajstić information content (AvgIpc) is 2.29. The average molecular weight is 201 g/mol. The van der Waals surface area contributed by atoms with Crippen molar-refractivity contribution in [3.63, 3.8) is 0 Å². The molecule has 78 valence electrons. The standard InChI is InChI=1S/C13H15NO/c1-10(9-14)15-13-7-6-11-4-2-3-5-12(11)8-13/h6-8,10H,2-5H2,1H3. The van der Waals surface area contributed by atoms with Gasteiger partial charge in [-0.2, -0.15) is 5.26 Å². The van der Waals surface area contributed by atoms with Crippen molar-refractivity contribution >= 4 is 0 Å². The summed E-state index contributed by atoms with van der Waals surface area (Å²) < 4.78 is 5.47. The molecule has 0 bridgehead atoms. The summed E-state index contributed by atoms with van der Waals surface area (Å²) in [6.07, 6.45) is 4.52. The fourth-order valence-electron chi connectivity index (χ4n) is 2.01. The lowest BCUT2D eigenvalue weighted by molar-refractivity contribution is 0.276. The molecular formula is C13H15NO. The molecule has 1 atom stereocenters. The van der Waals surface area contributed by atoms with Crippen LogP contribution in [0.3, 0.4) is 0 Å². The maximum absolute atomic E-state index is 8.66. The molecule has 0 spiro atoms. The summed E-state index contributed by atoms with van der Waals surface area (Å²) in [5.74, 6) is 0.824. The van der Waals surface area contributed by atoms with E-state index in [0.717, 1.165) is 12.2 Å². The Labute approximate surface area is 90.5 Å². The van der Waals surface area contributed by atoms with Gasteiger partial charge in [-0.15, -0.1) is 0 Å². The van der Waals surface area contributed by atoms with Crippen LogP contribution in [0, 0.1) is 11.3 Å². The molecule has 0 aliphatic heterocycles. The van der Waals surface area contributed by atoms with Crippen LogP contribution in [0.2, 0.25) is 0 Å². The second-order valence-electron chi connectivity index (χ2n) is 4.03. The van der Waals surface area contributed by atoms with Gasteiger partial charge in [-0.3, -0.25) is 0 Å². The minimum absolute atomic E-state index is 0.369. The topological polar surface area (TPSA) is 33.0 Å². The number of ether oxygens (including phenoxy) is 1. The van der Waals surface area contributed by atoms with Crippen LogP contribution in [0.4, 0.5) is 0 Å². The number of aryl methyl sites for hydroxylation is 2. The van der Waals surface area contributed by atoms with Gasteiger partial charge in [0.25, 0.3) is 0 Å². The second-order valence-corrected chi connectivity index (χ2v) is 4.03. The first-order valence-corrected chi connectivity index (χ1v) is 5.47. The van der Waals surface area contributed by atoms with Crippen molar-refractivity contribution in [2.24, 2.45) is 0 Å². The Hall–Kier alpha value is -1.49. The molecule has 0 aromatic heterocycles. The zero-order valence-corrected chi connectivity index (χ0v) is 8.99. The maximum Gasteiger partial charge on any atom is 0.181 e. The van der Waals surface area contributed by atoms with Crippen molar-refractivity contribution in [2.45, 2.75) is 38.7 Å². The molecule has 0 amide bonds. The van der Waals surface area contributed by atoms with Crippen LogP contribution in [0.25, 0.3) is 0 Å². The Bertz CT molecular complexity index is 392. The Kier molecular flexibility index (Phi) is 2.91. The zero-order valence-electron chi connectivity index (χ0n) is 8.99. The smallest absolute Gasteiger partial charge is 0.181 e. The minimum atomic E-state index is -0.369. The molecule has 0 radical (unpaired) electrons. The molecule has 2 rings (SSSR count). The second kappa shape index (κ2) is 4.35. The third-order valence-corrected chi connectivity index (χ3v) is 2.81. The van der Waals surface area contributed by atoms with E-state index in [4.69, 9.17) is 10.00 Å². The van der Waals surface area contributed by atoms with Gasteiger partial charge in [0.05, 0.1) is 0 Å². The summed E-state index contributed by atoms with van der Waals surface area (Å²) in [4.78, 5) is 0. The first kappa shape index (κ1) is 10.0. The molecule has 1 aliphatic rings. The van der Waals surface area contributed by atoms with Crippen LogP contribution in [-0.4, -0.2) is 6.10 Å². The molecule has 0 saturated carbocycles. The van der Waals surface area contributed by atoms with E-state index in [9.17, 15) is 0 Å². The first-order chi connectivity index (χ1) is 7.29. The van der Waals surface area contributed by atoms with Gasteiger partial charge in [-0.05, 0) is 55.9 Å². The Morgan fingerprint density at radius 1 is 1.27 bits per heavy atom. The van der Waals surface area contributed by atoms with E-state index < -0.39 is 0 Å². The van der Waals surface area contributed by atoms with Gasteiger partial charge >= 0.3 is 0 Å². The van der Waals surface area contributed by atoms with Crippen LogP contribution in [0.1, 0.15) is 30.9 Å². The van der Waals surface area contributed by atoms with Crippen LogP contribution in [-0.2, 0) is 12.8 Å². The zero-order chi connectivity index (χ0) is 10.7. The highest BCUT2D eigenvalue weighted by molar-refractivity contribution is 5.37. The Balaban J connectivity index is 2.18. The van der Waals surface area contributed by atoms with E-state index in [-0.39, 0.29) is 6.10 Å². The summed E-state index contributed by atoms with van der Waals surface area (Å²) in [5.41, 5.74) is 2.84. The summed E-state index contributed by atoms with van der Waals surface area (Å²) in [6, 6.07) is 8.26. The molecule has 2 nitrogen and oxygen atoms in total. The Morgan fingerprint density at radius 3 is 2.73 bits per heavy atom. The number of benzene rings is 1. The highest BCUT2D eigenvalue weighted by Gasteiger charge is 2.10. The van der Waals surface area contributed by atoms with Gasteiger partial charge in [0.2, 0.25) is 0 Å². The number of fused-ring (bicyclic) bond motifs is 1. The first-order valence-electron chi connectivity index (χ1n) is 5.47. The molecule has 2 heteroatoms. The fourth-order valence-corrected chi connectivity index (χ4v) is 2.01. The van der Waals surface area contributed by atoms with Crippen molar-refractivity contribution in [1.29, 1.82) is 5.26 Å². The third-order valence-electron chi connectivity index (χ3n) is 2.81. The Morgan fingerprint density at radius 2 is 2.00 bits per heavy atom. The SMILES string of the molecule is CC(C#N)Oc1ccc2c(c1)CCCC2. The molecule has 1 aromatic rings. The van der Waals surface area contributed by atoms with E-state index in [0.29, 0.717) is 0 Å². The van der Waals surface area contributed by atoms with E-state index in [1.807, 2.05) is 6.07 Å². The normalized spacial score (nSPS) is 16.3. The predicted octanol–water partition coefficient (Wildman–Crippen LogP) is 2.86. The molecular weight excluding hydrogens is 186 g/mol. The van der Waals surface area contributed by atoms with Crippen LogP contribution in [0.15, 0.2) is 18.2 Å². The van der Waals surface area contributed by atoms with E-state index in [1.165, 1.54) is 30.4 Å². The lowest BCUT2D eigenvalue weighted by atomic mass is 9.92. The third kappa shape index (κ3) is 2.30. The maximum atomic E-state index is 8.66. The summed E-state index contributed by atoms with van der Waals surface area (Å²) in [5, 5.41) is 8.66. The number of nitrogens with zero attached hydrogens (tertiary/aromatic N) is 1. The van der Waals surface area contributed by atoms with E-state index in [2.05, 4.69) is 18.2 Å². The molecule has 15 heavy (non-hydrogen) atoms. The molecule has 0 fully saturated rings. The molecule has 1 aromatic carbocycles. The van der Waals surface area contributed by atoms with Crippen molar-refractivity contribution in [3.8, 4) is 11.8 Å². The molecule has 1 unspecified atom stereocenters. The number of hydrogen-bond acceptors (Lipinski definition) is 2.